The lowest BCUT2D eigenvalue weighted by Gasteiger charge is -2.20. The average Bonchev–Trinajstić information content (AvgIpc) is 2.66. The number of nitrogens with zero attached hydrogens (tertiary/aromatic N) is 1. The van der Waals surface area contributed by atoms with Crippen LogP contribution >= 0.6 is 0 Å². The standard InChI is InChI=1S/C22H29NO4/c1-5-25-22(24)18-8-12-19(13-9-18)26-15-21(10-6-16(2)3)27-20-11-7-17(4)23-14-20/h7-9,11-14,16,21H,5-6,10,15H2,1-4H3. The highest BCUT2D eigenvalue weighted by Crippen LogP contribution is 2.18. The molecule has 1 atom stereocenters. The van der Waals surface area contributed by atoms with Gasteiger partial charge in [-0.3, -0.25) is 4.98 Å². The number of pyridine rings is 1. The van der Waals surface area contributed by atoms with Crippen molar-refractivity contribution in [3.05, 3.63) is 53.9 Å². The Morgan fingerprint density at radius 2 is 1.74 bits per heavy atom. The lowest BCUT2D eigenvalue weighted by atomic mass is 10.1. The van der Waals surface area contributed by atoms with Gasteiger partial charge >= 0.3 is 5.97 Å². The summed E-state index contributed by atoms with van der Waals surface area (Å²) in [6.07, 6.45) is 3.62. The van der Waals surface area contributed by atoms with Crippen LogP contribution < -0.4 is 9.47 Å². The lowest BCUT2D eigenvalue weighted by Crippen LogP contribution is -2.25. The summed E-state index contributed by atoms with van der Waals surface area (Å²) < 4.78 is 17.0. The maximum Gasteiger partial charge on any atom is 0.338 e. The molecular weight excluding hydrogens is 342 g/mol. The Morgan fingerprint density at radius 3 is 2.33 bits per heavy atom. The Hall–Kier alpha value is -2.56. The monoisotopic (exact) mass is 371 g/mol. The molecule has 2 rings (SSSR count). The second-order valence-corrected chi connectivity index (χ2v) is 6.90. The third-order valence-electron chi connectivity index (χ3n) is 4.05. The van der Waals surface area contributed by atoms with Crippen molar-refractivity contribution >= 4 is 5.97 Å². The Kier molecular flexibility index (Phi) is 8.11. The van der Waals surface area contributed by atoms with E-state index in [1.54, 1.807) is 37.4 Å². The number of aryl methyl sites for hydroxylation is 1. The zero-order valence-electron chi connectivity index (χ0n) is 16.6. The van der Waals surface area contributed by atoms with E-state index in [0.29, 0.717) is 30.4 Å². The fourth-order valence-electron chi connectivity index (χ4n) is 2.50. The summed E-state index contributed by atoms with van der Waals surface area (Å²) in [5.41, 5.74) is 1.47. The first-order valence-electron chi connectivity index (χ1n) is 9.47. The fourth-order valence-corrected chi connectivity index (χ4v) is 2.50. The van der Waals surface area contributed by atoms with Crippen LogP contribution in [0.1, 0.15) is 49.7 Å². The predicted octanol–water partition coefficient (Wildman–Crippen LogP) is 4.83. The van der Waals surface area contributed by atoms with Crippen LogP contribution in [0.15, 0.2) is 42.6 Å². The fraction of sp³-hybridized carbons (Fsp3) is 0.455. The number of aromatic nitrogens is 1. The molecule has 0 aliphatic rings. The van der Waals surface area contributed by atoms with E-state index in [9.17, 15) is 4.79 Å². The third-order valence-corrected chi connectivity index (χ3v) is 4.05. The molecule has 0 spiro atoms. The van der Waals surface area contributed by atoms with Crippen molar-refractivity contribution in [3.63, 3.8) is 0 Å². The molecule has 2 aromatic rings. The number of benzene rings is 1. The summed E-state index contributed by atoms with van der Waals surface area (Å²) in [5.74, 6) is 1.71. The van der Waals surface area contributed by atoms with Gasteiger partial charge in [-0.1, -0.05) is 13.8 Å². The molecule has 5 nitrogen and oxygen atoms in total. The number of esters is 1. The van der Waals surface area contributed by atoms with Gasteiger partial charge in [0.25, 0.3) is 0 Å². The number of hydrogen-bond donors (Lipinski definition) is 0. The molecule has 0 saturated heterocycles. The Labute approximate surface area is 161 Å². The van der Waals surface area contributed by atoms with Crippen LogP contribution in [0.4, 0.5) is 0 Å². The highest BCUT2D eigenvalue weighted by Gasteiger charge is 2.14. The smallest absolute Gasteiger partial charge is 0.338 e. The van der Waals surface area contributed by atoms with Crippen molar-refractivity contribution in [1.29, 1.82) is 0 Å². The van der Waals surface area contributed by atoms with Crippen molar-refractivity contribution in [3.8, 4) is 11.5 Å². The number of carbonyl (C=O) groups is 1. The highest BCUT2D eigenvalue weighted by molar-refractivity contribution is 5.89. The summed E-state index contributed by atoms with van der Waals surface area (Å²) in [6, 6.07) is 10.8. The minimum atomic E-state index is -0.325. The molecule has 146 valence electrons. The van der Waals surface area contributed by atoms with E-state index >= 15 is 0 Å². The van der Waals surface area contributed by atoms with Crippen LogP contribution in [0.5, 0.6) is 11.5 Å². The molecule has 1 unspecified atom stereocenters. The van der Waals surface area contributed by atoms with Gasteiger partial charge in [0.1, 0.15) is 24.2 Å². The number of rotatable bonds is 10. The van der Waals surface area contributed by atoms with Gasteiger partial charge in [0.15, 0.2) is 0 Å². The first kappa shape index (κ1) is 20.7. The summed E-state index contributed by atoms with van der Waals surface area (Å²) in [7, 11) is 0. The van der Waals surface area contributed by atoms with E-state index in [0.717, 1.165) is 24.3 Å². The molecule has 0 fully saturated rings. The van der Waals surface area contributed by atoms with Crippen molar-refractivity contribution in [2.75, 3.05) is 13.2 Å². The van der Waals surface area contributed by atoms with Crippen LogP contribution in [0.25, 0.3) is 0 Å². The Bertz CT molecular complexity index is 695. The third kappa shape index (κ3) is 7.29. The highest BCUT2D eigenvalue weighted by atomic mass is 16.5. The van der Waals surface area contributed by atoms with Crippen LogP contribution in [0.3, 0.4) is 0 Å². The zero-order chi connectivity index (χ0) is 19.6. The summed E-state index contributed by atoms with van der Waals surface area (Å²) in [5, 5.41) is 0. The second-order valence-electron chi connectivity index (χ2n) is 6.90. The van der Waals surface area contributed by atoms with E-state index in [4.69, 9.17) is 14.2 Å². The predicted molar refractivity (Wildman–Crippen MR) is 105 cm³/mol. The molecule has 0 bridgehead atoms. The first-order valence-corrected chi connectivity index (χ1v) is 9.47. The summed E-state index contributed by atoms with van der Waals surface area (Å²) in [6.45, 7) is 8.91. The zero-order valence-corrected chi connectivity index (χ0v) is 16.6. The van der Waals surface area contributed by atoms with Crippen molar-refractivity contribution < 1.29 is 19.0 Å². The van der Waals surface area contributed by atoms with Gasteiger partial charge < -0.3 is 14.2 Å². The van der Waals surface area contributed by atoms with Gasteiger partial charge in [0.05, 0.1) is 18.4 Å². The number of ether oxygens (including phenoxy) is 3. The molecule has 1 heterocycles. The molecule has 1 aromatic carbocycles. The number of carbonyl (C=O) groups excluding carboxylic acids is 1. The van der Waals surface area contributed by atoms with Gasteiger partial charge in [-0.15, -0.1) is 0 Å². The molecular formula is C22H29NO4. The van der Waals surface area contributed by atoms with Gasteiger partial charge in [0, 0.05) is 5.69 Å². The summed E-state index contributed by atoms with van der Waals surface area (Å²) in [4.78, 5) is 16.0. The molecule has 0 N–H and O–H groups in total. The quantitative estimate of drug-likeness (QED) is 0.560. The normalized spacial score (nSPS) is 11.9. The Balaban J connectivity index is 1.95. The summed E-state index contributed by atoms with van der Waals surface area (Å²) >= 11 is 0. The minimum Gasteiger partial charge on any atom is -0.490 e. The van der Waals surface area contributed by atoms with Gasteiger partial charge in [0.2, 0.25) is 0 Å². The molecule has 0 saturated carbocycles. The molecule has 0 aliphatic heterocycles. The minimum absolute atomic E-state index is 0.0679. The molecule has 0 radical (unpaired) electrons. The SMILES string of the molecule is CCOC(=O)c1ccc(OCC(CCC(C)C)Oc2ccc(C)nc2)cc1. The van der Waals surface area contributed by atoms with Crippen LogP contribution in [0, 0.1) is 12.8 Å². The van der Waals surface area contributed by atoms with Crippen molar-refractivity contribution in [2.45, 2.75) is 46.6 Å². The first-order chi connectivity index (χ1) is 13.0. The van der Waals surface area contributed by atoms with Gasteiger partial charge in [-0.25, -0.2) is 4.79 Å². The van der Waals surface area contributed by atoms with Crippen molar-refractivity contribution in [2.24, 2.45) is 5.92 Å². The maximum atomic E-state index is 11.7. The number of hydrogen-bond acceptors (Lipinski definition) is 5. The van der Waals surface area contributed by atoms with E-state index in [-0.39, 0.29) is 12.1 Å². The van der Waals surface area contributed by atoms with Gasteiger partial charge in [-0.2, -0.15) is 0 Å². The average molecular weight is 371 g/mol. The lowest BCUT2D eigenvalue weighted by molar-refractivity contribution is 0.0526. The largest absolute Gasteiger partial charge is 0.490 e. The molecule has 27 heavy (non-hydrogen) atoms. The topological polar surface area (TPSA) is 57.7 Å². The Morgan fingerprint density at radius 1 is 1.04 bits per heavy atom. The van der Waals surface area contributed by atoms with E-state index < -0.39 is 0 Å². The van der Waals surface area contributed by atoms with Crippen LogP contribution in [-0.4, -0.2) is 30.3 Å². The molecule has 5 heteroatoms. The van der Waals surface area contributed by atoms with Gasteiger partial charge in [-0.05, 0) is 69.0 Å². The maximum absolute atomic E-state index is 11.7. The second kappa shape index (κ2) is 10.6. The molecule has 0 aliphatic carbocycles. The molecule has 0 amide bonds. The van der Waals surface area contributed by atoms with Crippen molar-refractivity contribution in [1.82, 2.24) is 4.98 Å². The van der Waals surface area contributed by atoms with E-state index in [2.05, 4.69) is 18.8 Å². The van der Waals surface area contributed by atoms with Crippen LogP contribution in [0.2, 0.25) is 0 Å². The van der Waals surface area contributed by atoms with Crippen LogP contribution in [-0.2, 0) is 4.74 Å². The molecule has 1 aromatic heterocycles. The van der Waals surface area contributed by atoms with E-state index in [1.807, 2.05) is 19.1 Å². The van der Waals surface area contributed by atoms with E-state index in [1.165, 1.54) is 0 Å².